The molecule has 0 N–H and O–H groups in total. The summed E-state index contributed by atoms with van der Waals surface area (Å²) in [5.41, 5.74) is -8.36. The lowest BCUT2D eigenvalue weighted by Crippen LogP contribution is -2.47. The summed E-state index contributed by atoms with van der Waals surface area (Å²) >= 11 is 0. The van der Waals surface area contributed by atoms with Crippen LogP contribution in [-0.4, -0.2) is 55.3 Å². The molecule has 26 heteroatoms. The van der Waals surface area contributed by atoms with Crippen LogP contribution < -0.4 is 0 Å². The van der Waals surface area contributed by atoms with Crippen LogP contribution in [0.15, 0.2) is 0 Å². The minimum Gasteiger partial charge on any atom is -0.207 e. The van der Waals surface area contributed by atoms with Crippen LogP contribution in [0.2, 0.25) is 0 Å². The van der Waals surface area contributed by atoms with Crippen molar-refractivity contribution in [2.75, 3.05) is 0 Å². The van der Waals surface area contributed by atoms with Crippen LogP contribution in [0.25, 0.3) is 0 Å². The zero-order chi connectivity index (χ0) is 87.0. The number of halogens is 26. The van der Waals surface area contributed by atoms with E-state index in [9.17, 15) is 114 Å². The van der Waals surface area contributed by atoms with E-state index in [1.165, 1.54) is 175 Å². The van der Waals surface area contributed by atoms with Gasteiger partial charge < -0.3 is 0 Å². The molecule has 0 amide bonds. The fourth-order valence-corrected chi connectivity index (χ4v) is 7.58. The zero-order valence-electron chi connectivity index (χ0n) is 70.8. The Kier molecular flexibility index (Phi) is 66.7. The van der Waals surface area contributed by atoms with E-state index in [-0.39, 0.29) is 47.5 Å². The first kappa shape index (κ1) is 124. The summed E-state index contributed by atoms with van der Waals surface area (Å²) in [4.78, 5) is 0. The smallest absolute Gasteiger partial charge is 0.207 e. The van der Waals surface area contributed by atoms with E-state index >= 15 is 0 Å². The van der Waals surface area contributed by atoms with Gasteiger partial charge in [-0.3, -0.25) is 0 Å². The molecule has 4 aliphatic rings. The summed E-state index contributed by atoms with van der Waals surface area (Å²) in [5, 5.41) is 0. The second kappa shape index (κ2) is 56.4. The van der Waals surface area contributed by atoms with E-state index in [1.807, 2.05) is 13.8 Å². The molecule has 650 valence electrons. The van der Waals surface area contributed by atoms with Crippen LogP contribution in [0.1, 0.15) is 388 Å². The highest BCUT2D eigenvalue weighted by atomic mass is 19.4. The maximum atomic E-state index is 11.9. The number of hydrogen-bond donors (Lipinski definition) is 0. The van der Waals surface area contributed by atoms with Gasteiger partial charge in [0.2, 0.25) is 5.92 Å². The SMILES string of the molecule is CC.CC(C)(C(F)(F)F)C(F)(F)F.CC(C)(C(F)(F)F)C(F)(F)F.CC(C)C(F)(F)F.CCC.CCC(C)(C(F)(F)F)C(F)(F)F.CCC(C)(C)C.CCC(C)(C)C.CCC(C)(F)F.CCC(C)C(F)(F)F.CCC1(C)CCCC1.CCC1CCC(C)(C)CC1.CCC1CCCC1.CCC1CCCCC1. The molecule has 105 heavy (non-hydrogen) atoms. The molecular formula is C79H152F26. The monoisotopic (exact) mass is 1600 g/mol. The molecule has 4 fully saturated rings. The standard InChI is InChI=1S/C10H20.2C8H16.C7H14.C6H8F6.2C6H14.2C5H6F6.C5H9F3.C4H7F3.C4H8F2.C3H8.C2H6/c1-4-9-5-7-10(2,3)8-6-9;1-3-8(2)6-4-5-7-8;1-2-8-6-4-3-5-7-8;1-2-7-5-3-4-6-7;1-3-4(2,5(7,8)9)6(10,11)12;2*1-5-6(2,3)4;2*1-3(2,4(6,7)8)5(9,10)11;1-3-4(2)5(6,7)8;1-3(2)4(5,6)7;1-3-4(2,5)6;1-3-2;1-2/h9H,4-8H2,1-3H3;3-7H2,1-2H3;8H,2-7H2,1H3;7H,2-6H2,1H3;3H2,1-2H3;2*5H2,1-4H3;2*1-2H3;4H,3H2,1-2H3;3H,1-2H3;3H2,1-2H3;3H2,1-2H3;1-2H3. The maximum Gasteiger partial charge on any atom is 0.402 e. The quantitative estimate of drug-likeness (QED) is 0.223. The van der Waals surface area contributed by atoms with E-state index in [4.69, 9.17) is 0 Å². The van der Waals surface area contributed by atoms with Crippen LogP contribution in [0.5, 0.6) is 0 Å². The summed E-state index contributed by atoms with van der Waals surface area (Å²) in [5.74, 6) is -1.58. The average molecular weight is 1600 g/mol. The number of alkyl halides is 26. The van der Waals surface area contributed by atoms with Crippen molar-refractivity contribution < 1.29 is 114 Å². The van der Waals surface area contributed by atoms with Crippen LogP contribution in [-0.2, 0) is 0 Å². The topological polar surface area (TPSA) is 0 Å². The first-order chi connectivity index (χ1) is 46.4. The molecular weight excluding hydrogens is 1440 g/mol. The Morgan fingerprint density at radius 2 is 0.533 bits per heavy atom. The van der Waals surface area contributed by atoms with Crippen molar-refractivity contribution in [3.05, 3.63) is 0 Å². The summed E-state index contributed by atoms with van der Waals surface area (Å²) in [6, 6.07) is 0. The molecule has 0 saturated heterocycles. The first-order valence-corrected chi connectivity index (χ1v) is 38.3. The summed E-state index contributed by atoms with van der Waals surface area (Å²) < 4.78 is 301. The van der Waals surface area contributed by atoms with Gasteiger partial charge in [-0.05, 0) is 132 Å². The first-order valence-electron chi connectivity index (χ1n) is 38.3. The van der Waals surface area contributed by atoms with Gasteiger partial charge in [0.25, 0.3) is 0 Å². The van der Waals surface area contributed by atoms with E-state index in [0.29, 0.717) is 16.2 Å². The van der Waals surface area contributed by atoms with E-state index in [0.717, 1.165) is 50.9 Å². The third-order valence-electron chi connectivity index (χ3n) is 19.4. The number of rotatable bonds is 7. The van der Waals surface area contributed by atoms with Gasteiger partial charge >= 0.3 is 49.4 Å². The molecule has 4 aliphatic carbocycles. The second-order valence-corrected chi connectivity index (χ2v) is 32.8. The highest BCUT2D eigenvalue weighted by molar-refractivity contribution is 4.88. The van der Waals surface area contributed by atoms with Gasteiger partial charge in [-0.15, -0.1) is 0 Å². The normalized spacial score (nSPS) is 17.2. The number of hydrogen-bond acceptors (Lipinski definition) is 0. The molecule has 0 aromatic rings. The molecule has 0 aliphatic heterocycles. The van der Waals surface area contributed by atoms with Crippen molar-refractivity contribution in [1.29, 1.82) is 0 Å². The summed E-state index contributed by atoms with van der Waals surface area (Å²) in [6.07, 6.45) is -5.64. The Bertz CT molecular complexity index is 1780. The highest BCUT2D eigenvalue weighted by Gasteiger charge is 2.67. The fourth-order valence-electron chi connectivity index (χ4n) is 7.58. The average Bonchev–Trinajstić information content (AvgIpc) is 1.09. The Labute approximate surface area is 623 Å². The van der Waals surface area contributed by atoms with Gasteiger partial charge in [-0.1, -0.05) is 289 Å². The van der Waals surface area contributed by atoms with E-state index < -0.39 is 89.8 Å². The van der Waals surface area contributed by atoms with E-state index in [1.54, 1.807) is 0 Å². The molecule has 0 nitrogen and oxygen atoms in total. The van der Waals surface area contributed by atoms with Gasteiger partial charge in [0, 0.05) is 12.3 Å². The van der Waals surface area contributed by atoms with Crippen LogP contribution >= 0.6 is 0 Å². The van der Waals surface area contributed by atoms with Crippen LogP contribution in [0.4, 0.5) is 114 Å². The molecule has 0 heterocycles. The Morgan fingerprint density at radius 1 is 0.314 bits per heavy atom. The molecule has 1 unspecified atom stereocenters. The van der Waals surface area contributed by atoms with Crippen molar-refractivity contribution in [2.45, 2.75) is 443 Å². The molecule has 0 aromatic carbocycles. The van der Waals surface area contributed by atoms with Crippen molar-refractivity contribution in [3.63, 3.8) is 0 Å². The Morgan fingerprint density at radius 3 is 0.629 bits per heavy atom. The summed E-state index contributed by atoms with van der Waals surface area (Å²) in [6.45, 7) is 51.4. The predicted octanol–water partition coefficient (Wildman–Crippen LogP) is 36.1. The fraction of sp³-hybridized carbons (Fsp3) is 1.00. The molecule has 0 radical (unpaired) electrons. The van der Waals surface area contributed by atoms with Gasteiger partial charge in [0.1, 0.15) is 0 Å². The summed E-state index contributed by atoms with van der Waals surface area (Å²) in [7, 11) is 0. The van der Waals surface area contributed by atoms with Gasteiger partial charge in [0.15, 0.2) is 16.2 Å². The zero-order valence-corrected chi connectivity index (χ0v) is 70.8. The van der Waals surface area contributed by atoms with Crippen LogP contribution in [0.3, 0.4) is 0 Å². The third kappa shape index (κ3) is 67.6. The van der Waals surface area contributed by atoms with Gasteiger partial charge in [0.05, 0.1) is 5.92 Å². The third-order valence-corrected chi connectivity index (χ3v) is 19.4. The molecule has 4 rings (SSSR count). The van der Waals surface area contributed by atoms with Gasteiger partial charge in [-0.2, -0.15) is 105 Å². The second-order valence-electron chi connectivity index (χ2n) is 32.8. The van der Waals surface area contributed by atoms with Crippen molar-refractivity contribution >= 4 is 0 Å². The van der Waals surface area contributed by atoms with Crippen molar-refractivity contribution in [3.8, 4) is 0 Å². The van der Waals surface area contributed by atoms with Crippen LogP contribution in [0, 0.1) is 67.5 Å². The molecule has 0 aromatic heterocycles. The highest BCUT2D eigenvalue weighted by Crippen LogP contribution is 2.53. The molecule has 1 atom stereocenters. The van der Waals surface area contributed by atoms with Crippen molar-refractivity contribution in [2.24, 2.45) is 67.5 Å². The minimum absolute atomic E-state index is 0.0625. The van der Waals surface area contributed by atoms with Gasteiger partial charge in [-0.25, -0.2) is 8.78 Å². The van der Waals surface area contributed by atoms with Crippen molar-refractivity contribution in [1.82, 2.24) is 0 Å². The predicted molar refractivity (Wildman–Crippen MR) is 388 cm³/mol. The lowest BCUT2D eigenvalue weighted by atomic mass is 9.72. The Balaban J connectivity index is -0.000000117. The minimum atomic E-state index is -5.24. The molecule has 0 spiro atoms. The van der Waals surface area contributed by atoms with E-state index in [2.05, 4.69) is 118 Å². The Hall–Kier alpha value is -1.82. The maximum absolute atomic E-state index is 11.9. The lowest BCUT2D eigenvalue weighted by molar-refractivity contribution is -0.335. The molecule has 0 bridgehead atoms. The molecule has 4 saturated carbocycles. The largest absolute Gasteiger partial charge is 0.402 e. The lowest BCUT2D eigenvalue weighted by Gasteiger charge is -2.33.